The van der Waals surface area contributed by atoms with Gasteiger partial charge >= 0.3 is 0 Å². The topological polar surface area (TPSA) is 87.2 Å². The molecule has 0 fully saturated rings. The van der Waals surface area contributed by atoms with Crippen LogP contribution in [0.3, 0.4) is 0 Å². The van der Waals surface area contributed by atoms with Crippen molar-refractivity contribution in [3.63, 3.8) is 0 Å². The second-order valence-electron chi connectivity index (χ2n) is 8.38. The van der Waals surface area contributed by atoms with Gasteiger partial charge in [0.05, 0.1) is 5.52 Å². The molecule has 30 heavy (non-hydrogen) atoms. The third-order valence-electron chi connectivity index (χ3n) is 4.63. The van der Waals surface area contributed by atoms with Gasteiger partial charge in [0, 0.05) is 35.2 Å². The average molecular weight is 492 g/mol. The normalized spacial score (nSPS) is 13.7. The van der Waals surface area contributed by atoms with E-state index < -0.39 is 0 Å². The van der Waals surface area contributed by atoms with Crippen molar-refractivity contribution in [1.29, 1.82) is 0 Å². The molecular weight excluding hydrogens is 466 g/mol. The zero-order valence-corrected chi connectivity index (χ0v) is 19.8. The van der Waals surface area contributed by atoms with E-state index in [4.69, 9.17) is 20.2 Å². The Morgan fingerprint density at radius 3 is 2.70 bits per heavy atom. The second-order valence-corrected chi connectivity index (χ2v) is 10.2. The van der Waals surface area contributed by atoms with Crippen LogP contribution in [-0.4, -0.2) is 40.8 Å². The third kappa shape index (κ3) is 4.68. The van der Waals surface area contributed by atoms with E-state index in [1.165, 1.54) is 0 Å². The molecule has 1 aliphatic heterocycles. The number of nitrogens with zero attached hydrogens (tertiary/aromatic N) is 3. The van der Waals surface area contributed by atoms with Crippen LogP contribution in [0.2, 0.25) is 0 Å². The van der Waals surface area contributed by atoms with Gasteiger partial charge in [-0.2, -0.15) is 0 Å². The standard InChI is InChI=1S/C21H26BrN5O2S/c1-21(2,3)12-24-6-7-27-14-4-5-25-19(23)18(14)26-20(27)30-17-11-16-15(10-13(17)22)28-8-9-29-16/h4-5,10-11,24H,6-9,12H2,1-3H3,(H2,23,25). The number of halogens is 1. The van der Waals surface area contributed by atoms with Gasteiger partial charge in [-0.15, -0.1) is 0 Å². The first-order chi connectivity index (χ1) is 14.3. The minimum atomic E-state index is 0.235. The molecule has 9 heteroatoms. The summed E-state index contributed by atoms with van der Waals surface area (Å²) in [5.41, 5.74) is 8.05. The lowest BCUT2D eigenvalue weighted by Gasteiger charge is -2.20. The highest BCUT2D eigenvalue weighted by Crippen LogP contribution is 2.42. The first-order valence-corrected chi connectivity index (χ1v) is 11.5. The van der Waals surface area contributed by atoms with Crippen LogP contribution in [-0.2, 0) is 6.54 Å². The molecule has 0 bridgehead atoms. The van der Waals surface area contributed by atoms with Crippen molar-refractivity contribution in [2.75, 3.05) is 32.0 Å². The first kappa shape index (κ1) is 21.3. The van der Waals surface area contributed by atoms with Gasteiger partial charge < -0.3 is 25.1 Å². The number of nitrogens with one attached hydrogen (secondary N) is 1. The molecule has 4 rings (SSSR count). The van der Waals surface area contributed by atoms with Gasteiger partial charge in [0.25, 0.3) is 0 Å². The summed E-state index contributed by atoms with van der Waals surface area (Å²) in [7, 11) is 0. The highest BCUT2D eigenvalue weighted by Gasteiger charge is 2.19. The molecule has 1 aliphatic rings. The van der Waals surface area contributed by atoms with Crippen molar-refractivity contribution in [3.05, 3.63) is 28.9 Å². The lowest BCUT2D eigenvalue weighted by Crippen LogP contribution is -2.29. The van der Waals surface area contributed by atoms with Gasteiger partial charge in [-0.3, -0.25) is 0 Å². The highest BCUT2D eigenvalue weighted by atomic mass is 79.9. The molecule has 7 nitrogen and oxygen atoms in total. The molecule has 0 radical (unpaired) electrons. The maximum atomic E-state index is 6.11. The summed E-state index contributed by atoms with van der Waals surface area (Å²) >= 11 is 5.23. The number of anilines is 1. The summed E-state index contributed by atoms with van der Waals surface area (Å²) in [5, 5.41) is 4.40. The number of benzene rings is 1. The van der Waals surface area contributed by atoms with Crippen molar-refractivity contribution in [2.45, 2.75) is 37.4 Å². The summed E-state index contributed by atoms with van der Waals surface area (Å²) in [5.74, 6) is 1.95. The average Bonchev–Trinajstić information content (AvgIpc) is 3.04. The predicted molar refractivity (Wildman–Crippen MR) is 124 cm³/mol. The Morgan fingerprint density at radius 1 is 1.23 bits per heavy atom. The molecule has 160 valence electrons. The lowest BCUT2D eigenvalue weighted by atomic mass is 9.97. The Kier molecular flexibility index (Phi) is 6.13. The number of pyridine rings is 1. The fourth-order valence-electron chi connectivity index (χ4n) is 3.22. The van der Waals surface area contributed by atoms with Gasteiger partial charge in [-0.05, 0) is 39.5 Å². The van der Waals surface area contributed by atoms with Gasteiger partial charge in [0.1, 0.15) is 18.7 Å². The summed E-state index contributed by atoms with van der Waals surface area (Å²) in [6.45, 7) is 10.3. The summed E-state index contributed by atoms with van der Waals surface area (Å²) in [6, 6.07) is 5.91. The quantitative estimate of drug-likeness (QED) is 0.495. The van der Waals surface area contributed by atoms with E-state index in [0.717, 1.165) is 56.7 Å². The van der Waals surface area contributed by atoms with E-state index in [-0.39, 0.29) is 5.41 Å². The molecule has 0 spiro atoms. The maximum absolute atomic E-state index is 6.11. The predicted octanol–water partition coefficient (Wildman–Crippen LogP) is 4.33. The Balaban J connectivity index is 1.64. The third-order valence-corrected chi connectivity index (χ3v) is 6.60. The highest BCUT2D eigenvalue weighted by molar-refractivity contribution is 9.10. The summed E-state index contributed by atoms with van der Waals surface area (Å²) in [6.07, 6.45) is 1.73. The van der Waals surface area contributed by atoms with Crippen LogP contribution in [0.4, 0.5) is 5.82 Å². The van der Waals surface area contributed by atoms with Crippen LogP contribution < -0.4 is 20.5 Å². The number of imidazole rings is 1. The molecule has 0 amide bonds. The fraction of sp³-hybridized carbons (Fsp3) is 0.429. The van der Waals surface area contributed by atoms with Gasteiger partial charge in [-0.25, -0.2) is 9.97 Å². The molecular formula is C21H26BrN5O2S. The number of aromatic nitrogens is 3. The number of ether oxygens (including phenoxy) is 2. The summed E-state index contributed by atoms with van der Waals surface area (Å²) in [4.78, 5) is 10.0. The van der Waals surface area contributed by atoms with Crippen molar-refractivity contribution in [1.82, 2.24) is 19.9 Å². The van der Waals surface area contributed by atoms with E-state index in [0.29, 0.717) is 19.0 Å². The van der Waals surface area contributed by atoms with Gasteiger partial charge in [0.2, 0.25) is 0 Å². The van der Waals surface area contributed by atoms with Crippen LogP contribution in [0.1, 0.15) is 20.8 Å². The molecule has 0 aliphatic carbocycles. The SMILES string of the molecule is CC(C)(C)CNCCn1c(Sc2cc3c(cc2Br)OCCO3)nc2c(N)nccc21. The number of rotatable bonds is 6. The minimum absolute atomic E-state index is 0.235. The van der Waals surface area contributed by atoms with Crippen molar-refractivity contribution < 1.29 is 9.47 Å². The van der Waals surface area contributed by atoms with Crippen LogP contribution in [0.25, 0.3) is 11.0 Å². The largest absolute Gasteiger partial charge is 0.486 e. The Labute approximate surface area is 188 Å². The van der Waals surface area contributed by atoms with E-state index in [1.807, 2.05) is 18.2 Å². The minimum Gasteiger partial charge on any atom is -0.486 e. The second kappa shape index (κ2) is 8.64. The molecule has 0 saturated carbocycles. The van der Waals surface area contributed by atoms with Crippen LogP contribution in [0.5, 0.6) is 11.5 Å². The van der Waals surface area contributed by atoms with E-state index in [1.54, 1.807) is 18.0 Å². The maximum Gasteiger partial charge on any atom is 0.174 e. The summed E-state index contributed by atoms with van der Waals surface area (Å²) < 4.78 is 14.6. The molecule has 3 heterocycles. The van der Waals surface area contributed by atoms with Gasteiger partial charge in [0.15, 0.2) is 22.5 Å². The van der Waals surface area contributed by atoms with Gasteiger partial charge in [-0.1, -0.05) is 32.5 Å². The van der Waals surface area contributed by atoms with Crippen LogP contribution in [0.15, 0.2) is 38.9 Å². The Hall–Kier alpha value is -1.97. The smallest absolute Gasteiger partial charge is 0.174 e. The monoisotopic (exact) mass is 491 g/mol. The number of hydrogen-bond acceptors (Lipinski definition) is 7. The van der Waals surface area contributed by atoms with E-state index >= 15 is 0 Å². The number of nitrogen functional groups attached to an aromatic ring is 1. The Morgan fingerprint density at radius 2 is 1.97 bits per heavy atom. The van der Waals surface area contributed by atoms with Crippen LogP contribution in [0, 0.1) is 5.41 Å². The molecule has 0 saturated heterocycles. The van der Waals surface area contributed by atoms with Crippen molar-refractivity contribution >= 4 is 44.5 Å². The zero-order chi connectivity index (χ0) is 21.3. The molecule has 1 aromatic carbocycles. The molecule has 3 aromatic rings. The van der Waals surface area contributed by atoms with Crippen molar-refractivity contribution in [3.8, 4) is 11.5 Å². The van der Waals surface area contributed by atoms with E-state index in [9.17, 15) is 0 Å². The lowest BCUT2D eigenvalue weighted by molar-refractivity contribution is 0.171. The molecule has 2 aromatic heterocycles. The molecule has 0 atom stereocenters. The molecule has 0 unspecified atom stereocenters. The molecule has 3 N–H and O–H groups in total. The first-order valence-electron chi connectivity index (χ1n) is 9.90. The zero-order valence-electron chi connectivity index (χ0n) is 17.4. The fourth-order valence-corrected chi connectivity index (χ4v) is 4.74. The number of nitrogens with two attached hydrogens (primary N) is 1. The number of fused-ring (bicyclic) bond motifs is 2. The Bertz CT molecular complexity index is 1060. The van der Waals surface area contributed by atoms with Crippen LogP contribution >= 0.6 is 27.7 Å². The number of hydrogen-bond donors (Lipinski definition) is 2. The van der Waals surface area contributed by atoms with E-state index in [2.05, 4.69) is 51.6 Å². The van der Waals surface area contributed by atoms with Crippen molar-refractivity contribution in [2.24, 2.45) is 5.41 Å².